The number of hydrogen-bond donors (Lipinski definition) is 1. The van der Waals surface area contributed by atoms with E-state index in [1.807, 2.05) is 36.5 Å². The lowest BCUT2D eigenvalue weighted by molar-refractivity contribution is 0.476. The van der Waals surface area contributed by atoms with Crippen LogP contribution in [0.3, 0.4) is 0 Å². The largest absolute Gasteiger partial charge is 0.507 e. The van der Waals surface area contributed by atoms with Gasteiger partial charge in [0.2, 0.25) is 0 Å². The first-order valence-electron chi connectivity index (χ1n) is 21.0. The summed E-state index contributed by atoms with van der Waals surface area (Å²) in [7, 11) is 0. The number of benzene rings is 7. The third-order valence-electron chi connectivity index (χ3n) is 11.9. The summed E-state index contributed by atoms with van der Waals surface area (Å²) in [6.45, 7) is 13.5. The molecule has 5 heteroatoms. The summed E-state index contributed by atoms with van der Waals surface area (Å²) < 4.78 is 8.78. The van der Waals surface area contributed by atoms with Crippen molar-refractivity contribution in [2.75, 3.05) is 0 Å². The van der Waals surface area contributed by atoms with Crippen LogP contribution in [0.2, 0.25) is 0 Å². The Bertz CT molecular complexity index is 3270. The highest BCUT2D eigenvalue weighted by Crippen LogP contribution is 2.45. The normalized spacial score (nSPS) is 12.2. The number of furan rings is 1. The molecule has 0 amide bonds. The summed E-state index contributed by atoms with van der Waals surface area (Å²) in [6, 6.07) is 56.9. The van der Waals surface area contributed by atoms with Crippen molar-refractivity contribution in [1.29, 1.82) is 0 Å². The Morgan fingerprint density at radius 2 is 1.23 bits per heavy atom. The van der Waals surface area contributed by atoms with E-state index in [1.165, 1.54) is 11.1 Å². The minimum atomic E-state index is -0.152. The van der Waals surface area contributed by atoms with Gasteiger partial charge in [0.1, 0.15) is 22.5 Å². The van der Waals surface area contributed by atoms with Gasteiger partial charge in [0.05, 0.1) is 22.4 Å². The molecule has 0 saturated heterocycles. The zero-order valence-electron chi connectivity index (χ0n) is 35.4. The fourth-order valence-corrected chi connectivity index (χ4v) is 8.56. The monoisotopic (exact) mass is 793 g/mol. The maximum atomic E-state index is 11.9. The third kappa shape index (κ3) is 6.76. The minimum Gasteiger partial charge on any atom is -0.507 e. The molecule has 5 nitrogen and oxygen atoms in total. The number of fused-ring (bicyclic) bond motifs is 4. The molecule has 298 valence electrons. The predicted molar refractivity (Wildman–Crippen MR) is 252 cm³/mol. The Labute approximate surface area is 356 Å². The number of pyridine rings is 1. The van der Waals surface area contributed by atoms with Gasteiger partial charge in [0, 0.05) is 33.7 Å². The quantitative estimate of drug-likeness (QED) is 0.182. The van der Waals surface area contributed by atoms with Crippen LogP contribution in [0.5, 0.6) is 5.75 Å². The van der Waals surface area contributed by atoms with Crippen molar-refractivity contribution < 1.29 is 9.52 Å². The zero-order valence-corrected chi connectivity index (χ0v) is 35.4. The van der Waals surface area contributed by atoms with Crippen LogP contribution < -0.4 is 0 Å². The molecule has 0 fully saturated rings. The van der Waals surface area contributed by atoms with E-state index in [0.717, 1.165) is 77.7 Å². The molecule has 10 rings (SSSR count). The van der Waals surface area contributed by atoms with E-state index >= 15 is 0 Å². The van der Waals surface area contributed by atoms with Crippen molar-refractivity contribution in [2.45, 2.75) is 52.4 Å². The molecule has 0 radical (unpaired) electrons. The first-order chi connectivity index (χ1) is 29.4. The number of rotatable bonds is 6. The minimum absolute atomic E-state index is 0.0810. The Morgan fingerprint density at radius 1 is 0.525 bits per heavy atom. The van der Waals surface area contributed by atoms with Gasteiger partial charge >= 0.3 is 0 Å². The van der Waals surface area contributed by atoms with Crippen molar-refractivity contribution in [3.05, 3.63) is 181 Å². The average Bonchev–Trinajstić information content (AvgIpc) is 3.84. The smallest absolute Gasteiger partial charge is 0.153 e. The highest BCUT2D eigenvalue weighted by atomic mass is 16.3. The van der Waals surface area contributed by atoms with E-state index in [1.54, 1.807) is 6.07 Å². The molecule has 3 heterocycles. The highest BCUT2D eigenvalue weighted by molar-refractivity contribution is 6.11. The third-order valence-corrected chi connectivity index (χ3v) is 11.9. The highest BCUT2D eigenvalue weighted by Gasteiger charge is 2.26. The molecule has 3 aromatic heterocycles. The van der Waals surface area contributed by atoms with E-state index in [2.05, 4.69) is 174 Å². The predicted octanol–water partition coefficient (Wildman–Crippen LogP) is 15.0. The number of phenols is 1. The number of hydrogen-bond acceptors (Lipinski definition) is 4. The summed E-state index contributed by atoms with van der Waals surface area (Å²) in [4.78, 5) is 10.5. The van der Waals surface area contributed by atoms with Crippen LogP contribution in [0.15, 0.2) is 174 Å². The van der Waals surface area contributed by atoms with E-state index in [-0.39, 0.29) is 16.6 Å². The SMILES string of the molecule is CC(C)(C)c1ccc(-c2ccnc(-c3cc(-c4cccc5c4nc(-c4c(O)ccc6c4oc4ccccc46)n5-c4ccccc4-c4ccccc4)cc(C(C)(C)C)c3)c2)cc1. The second-order valence-corrected chi connectivity index (χ2v) is 18.1. The molecule has 0 aliphatic rings. The van der Waals surface area contributed by atoms with Crippen LogP contribution in [-0.2, 0) is 10.8 Å². The first kappa shape index (κ1) is 38.0. The average molecular weight is 794 g/mol. The van der Waals surface area contributed by atoms with Gasteiger partial charge in [-0.1, -0.05) is 151 Å². The van der Waals surface area contributed by atoms with Gasteiger partial charge in [-0.15, -0.1) is 0 Å². The number of imidazole rings is 1. The van der Waals surface area contributed by atoms with Crippen molar-refractivity contribution in [3.63, 3.8) is 0 Å². The Balaban J connectivity index is 1.22. The van der Waals surface area contributed by atoms with Crippen molar-refractivity contribution >= 4 is 33.0 Å². The van der Waals surface area contributed by atoms with Crippen LogP contribution in [-0.4, -0.2) is 19.6 Å². The molecule has 61 heavy (non-hydrogen) atoms. The maximum Gasteiger partial charge on any atom is 0.153 e. The molecular formula is C56H47N3O2. The van der Waals surface area contributed by atoms with E-state index in [4.69, 9.17) is 14.4 Å². The maximum absolute atomic E-state index is 11.9. The number of phenolic OH excluding ortho intramolecular Hbond substituents is 1. The standard InChI is InChI=1S/C56H47N3O2/c1-55(2,3)40-25-23-35(24-26-40)37-29-30-57-46(34-37)39-31-38(32-41(33-39)56(4,5)6)43-19-14-21-48-52(43)58-54(59(48)47-20-12-10-17-42(47)36-15-8-7-9-16-36)51-49(60)28-27-45-44-18-11-13-22-50(44)61-53(45)51/h7-34,60H,1-6H3. The summed E-state index contributed by atoms with van der Waals surface area (Å²) in [5.41, 5.74) is 15.3. The topological polar surface area (TPSA) is 64.1 Å². The second-order valence-electron chi connectivity index (χ2n) is 18.1. The number of nitrogens with zero attached hydrogens (tertiary/aromatic N) is 3. The molecule has 0 bridgehead atoms. The number of aromatic hydroxyl groups is 1. The van der Waals surface area contributed by atoms with Gasteiger partial charge in [-0.05, 0) is 98.8 Å². The van der Waals surface area contributed by atoms with Gasteiger partial charge in [-0.25, -0.2) is 4.98 Å². The molecule has 0 atom stereocenters. The van der Waals surface area contributed by atoms with E-state index in [9.17, 15) is 5.11 Å². The van der Waals surface area contributed by atoms with Gasteiger partial charge in [0.25, 0.3) is 0 Å². The fourth-order valence-electron chi connectivity index (χ4n) is 8.56. The molecule has 7 aromatic carbocycles. The molecule has 0 unspecified atom stereocenters. The van der Waals surface area contributed by atoms with Gasteiger partial charge < -0.3 is 9.52 Å². The van der Waals surface area contributed by atoms with Crippen LogP contribution in [0.1, 0.15) is 52.7 Å². The van der Waals surface area contributed by atoms with Crippen molar-refractivity contribution in [3.8, 4) is 67.5 Å². The van der Waals surface area contributed by atoms with Crippen LogP contribution in [0, 0.1) is 0 Å². The Kier molecular flexibility index (Phi) is 9.03. The Morgan fingerprint density at radius 3 is 2.02 bits per heavy atom. The fraction of sp³-hybridized carbons (Fsp3) is 0.143. The summed E-state index contributed by atoms with van der Waals surface area (Å²) >= 11 is 0. The van der Waals surface area contributed by atoms with Crippen molar-refractivity contribution in [2.24, 2.45) is 0 Å². The van der Waals surface area contributed by atoms with Crippen LogP contribution >= 0.6 is 0 Å². The van der Waals surface area contributed by atoms with Crippen LogP contribution in [0.25, 0.3) is 94.7 Å². The van der Waals surface area contributed by atoms with Gasteiger partial charge in [0.15, 0.2) is 5.82 Å². The molecule has 0 spiro atoms. The van der Waals surface area contributed by atoms with E-state index < -0.39 is 0 Å². The summed E-state index contributed by atoms with van der Waals surface area (Å²) in [5, 5.41) is 13.8. The van der Waals surface area contributed by atoms with Gasteiger partial charge in [-0.3, -0.25) is 9.55 Å². The van der Waals surface area contributed by atoms with Gasteiger partial charge in [-0.2, -0.15) is 0 Å². The van der Waals surface area contributed by atoms with E-state index in [0.29, 0.717) is 17.0 Å². The summed E-state index contributed by atoms with van der Waals surface area (Å²) in [5.74, 6) is 0.685. The number of aromatic nitrogens is 3. The molecule has 1 N–H and O–H groups in total. The Hall–Kier alpha value is -7.24. The first-order valence-corrected chi connectivity index (χ1v) is 21.0. The molecule has 0 saturated carbocycles. The molecule has 0 aliphatic heterocycles. The lowest BCUT2D eigenvalue weighted by Crippen LogP contribution is -2.11. The lowest BCUT2D eigenvalue weighted by atomic mass is 9.83. The zero-order chi connectivity index (χ0) is 42.0. The molecule has 0 aliphatic carbocycles. The van der Waals surface area contributed by atoms with Crippen LogP contribution in [0.4, 0.5) is 0 Å². The summed E-state index contributed by atoms with van der Waals surface area (Å²) in [6.07, 6.45) is 1.91. The number of para-hydroxylation sites is 3. The second kappa shape index (κ2) is 14.5. The lowest BCUT2D eigenvalue weighted by Gasteiger charge is -2.22. The van der Waals surface area contributed by atoms with Crippen molar-refractivity contribution in [1.82, 2.24) is 14.5 Å². The molecular weight excluding hydrogens is 747 g/mol. The molecule has 10 aromatic rings.